The number of hydrogen-bond donors (Lipinski definition) is 2. The lowest BCUT2D eigenvalue weighted by atomic mass is 10.1. The summed E-state index contributed by atoms with van der Waals surface area (Å²) < 4.78 is 1.91. The van der Waals surface area contributed by atoms with Crippen molar-refractivity contribution in [2.75, 3.05) is 10.6 Å². The minimum absolute atomic E-state index is 0. The molecule has 3 aromatic rings. The molecule has 3 rings (SSSR count). The Hall–Kier alpha value is -2.15. The maximum absolute atomic E-state index is 12.1. The number of urea groups is 1. The normalized spacial score (nSPS) is 9.86. The first-order valence-electron chi connectivity index (χ1n) is 6.73. The zero-order chi connectivity index (χ0) is 14.7. The molecule has 0 atom stereocenters. The number of hydrogen-bond acceptors (Lipinski definition) is 1. The molecule has 1 heterocycles. The van der Waals surface area contributed by atoms with E-state index < -0.39 is 0 Å². The number of rotatable bonds is 2. The molecule has 0 aliphatic carbocycles. The highest BCUT2D eigenvalue weighted by molar-refractivity contribution is 6.06. The maximum atomic E-state index is 12.1. The third-order valence-electron chi connectivity index (χ3n) is 3.27. The molecule has 22 heavy (non-hydrogen) atoms. The van der Waals surface area contributed by atoms with Crippen molar-refractivity contribution in [2.24, 2.45) is 7.05 Å². The minimum Gasteiger partial charge on any atom is -1.00 e. The van der Waals surface area contributed by atoms with E-state index in [1.54, 1.807) is 0 Å². The first-order chi connectivity index (χ1) is 10.2. The highest BCUT2D eigenvalue weighted by Crippen LogP contribution is 2.23. The Morgan fingerprint density at radius 1 is 0.909 bits per heavy atom. The summed E-state index contributed by atoms with van der Waals surface area (Å²) in [6.45, 7) is 0. The van der Waals surface area contributed by atoms with Crippen LogP contribution in [0.5, 0.6) is 0 Å². The summed E-state index contributed by atoms with van der Waals surface area (Å²) >= 11 is 0. The van der Waals surface area contributed by atoms with Crippen molar-refractivity contribution in [1.29, 1.82) is 0 Å². The van der Waals surface area contributed by atoms with Crippen LogP contribution in [0.25, 0.3) is 10.8 Å². The van der Waals surface area contributed by atoms with Crippen molar-refractivity contribution in [1.82, 2.24) is 0 Å². The fourth-order valence-corrected chi connectivity index (χ4v) is 2.20. The molecule has 0 saturated heterocycles. The maximum Gasteiger partial charge on any atom is 0.323 e. The second-order valence-electron chi connectivity index (χ2n) is 4.86. The molecule has 5 heteroatoms. The average molecular weight is 405 g/mol. The number of nitrogens with one attached hydrogen (secondary N) is 2. The van der Waals surface area contributed by atoms with Crippen molar-refractivity contribution in [3.8, 4) is 0 Å². The Kier molecular flexibility index (Phi) is 5.32. The SMILES string of the molecule is C[n+]1ccc(NC(=O)Nc2cccc3ccccc23)cc1.[I-]. The molecule has 0 saturated carbocycles. The van der Waals surface area contributed by atoms with Crippen molar-refractivity contribution in [2.45, 2.75) is 0 Å². The number of aromatic nitrogens is 1. The summed E-state index contributed by atoms with van der Waals surface area (Å²) in [6, 6.07) is 17.3. The third kappa shape index (κ3) is 3.73. The number of aryl methyl sites for hydroxylation is 1. The summed E-state index contributed by atoms with van der Waals surface area (Å²) in [5.41, 5.74) is 1.55. The summed E-state index contributed by atoms with van der Waals surface area (Å²) in [4.78, 5) is 12.1. The van der Waals surface area contributed by atoms with Gasteiger partial charge in [0.25, 0.3) is 0 Å². The number of pyridine rings is 1. The molecular weight excluding hydrogens is 389 g/mol. The molecule has 2 amide bonds. The van der Waals surface area contributed by atoms with E-state index in [2.05, 4.69) is 10.6 Å². The molecule has 0 spiro atoms. The molecule has 0 unspecified atom stereocenters. The van der Waals surface area contributed by atoms with Gasteiger partial charge in [-0.3, -0.25) is 0 Å². The second-order valence-corrected chi connectivity index (χ2v) is 4.86. The average Bonchev–Trinajstić information content (AvgIpc) is 2.50. The number of halogens is 1. The Bertz CT molecular complexity index is 782. The van der Waals surface area contributed by atoms with Gasteiger partial charge < -0.3 is 34.6 Å². The van der Waals surface area contributed by atoms with E-state index in [9.17, 15) is 4.79 Å². The molecule has 0 fully saturated rings. The van der Waals surface area contributed by atoms with Crippen LogP contribution < -0.4 is 39.2 Å². The zero-order valence-corrected chi connectivity index (χ0v) is 14.2. The molecule has 112 valence electrons. The molecule has 0 bridgehead atoms. The number of nitrogens with zero attached hydrogens (tertiary/aromatic N) is 1. The van der Waals surface area contributed by atoms with Crippen LogP contribution in [0.1, 0.15) is 0 Å². The molecule has 2 N–H and O–H groups in total. The molecule has 1 aromatic heterocycles. The minimum atomic E-state index is -0.250. The number of amides is 2. The fraction of sp³-hybridized carbons (Fsp3) is 0.0588. The summed E-state index contributed by atoms with van der Waals surface area (Å²) in [5.74, 6) is 0. The van der Waals surface area contributed by atoms with Crippen molar-refractivity contribution in [3.05, 3.63) is 67.0 Å². The van der Waals surface area contributed by atoms with E-state index in [0.29, 0.717) is 0 Å². The molecule has 0 radical (unpaired) electrons. The van der Waals surface area contributed by atoms with Crippen LogP contribution in [0.15, 0.2) is 67.0 Å². The van der Waals surface area contributed by atoms with E-state index in [-0.39, 0.29) is 30.0 Å². The standard InChI is InChI=1S/C17H15N3O.HI/c1-20-11-9-14(10-12-20)18-17(21)19-16-8-4-6-13-5-2-3-7-15(13)16;/h2-12H,1H3,(H,19,21);1H. The van der Waals surface area contributed by atoms with E-state index in [1.807, 2.05) is 78.6 Å². The predicted octanol–water partition coefficient (Wildman–Crippen LogP) is 0.312. The van der Waals surface area contributed by atoms with Gasteiger partial charge in [-0.1, -0.05) is 36.4 Å². The van der Waals surface area contributed by atoms with Gasteiger partial charge in [0.05, 0.1) is 11.4 Å². The fourth-order valence-electron chi connectivity index (χ4n) is 2.20. The molecule has 2 aromatic carbocycles. The monoisotopic (exact) mass is 405 g/mol. The highest BCUT2D eigenvalue weighted by atomic mass is 127. The lowest BCUT2D eigenvalue weighted by Crippen LogP contribution is -3.00. The summed E-state index contributed by atoms with van der Waals surface area (Å²) in [7, 11) is 1.93. The molecule has 0 aliphatic rings. The van der Waals surface area contributed by atoms with Gasteiger partial charge in [-0.2, -0.15) is 0 Å². The topological polar surface area (TPSA) is 45.0 Å². The van der Waals surface area contributed by atoms with Crippen molar-refractivity contribution < 1.29 is 33.3 Å². The number of anilines is 2. The second kappa shape index (κ2) is 7.22. The van der Waals surface area contributed by atoms with Gasteiger partial charge >= 0.3 is 6.03 Å². The Morgan fingerprint density at radius 2 is 1.59 bits per heavy atom. The van der Waals surface area contributed by atoms with Crippen LogP contribution in [0.3, 0.4) is 0 Å². The van der Waals surface area contributed by atoms with Gasteiger partial charge in [-0.05, 0) is 11.5 Å². The van der Waals surface area contributed by atoms with Crippen LogP contribution in [-0.2, 0) is 7.05 Å². The largest absolute Gasteiger partial charge is 1.00 e. The molecule has 4 nitrogen and oxygen atoms in total. The van der Waals surface area contributed by atoms with Crippen molar-refractivity contribution >= 4 is 28.2 Å². The predicted molar refractivity (Wildman–Crippen MR) is 84.2 cm³/mol. The van der Waals surface area contributed by atoms with E-state index in [4.69, 9.17) is 0 Å². The van der Waals surface area contributed by atoms with E-state index >= 15 is 0 Å². The Balaban J connectivity index is 0.00000176. The lowest BCUT2D eigenvalue weighted by molar-refractivity contribution is -0.671. The Labute approximate surface area is 146 Å². The van der Waals surface area contributed by atoms with Crippen LogP contribution in [0, 0.1) is 0 Å². The van der Waals surface area contributed by atoms with Crippen molar-refractivity contribution in [3.63, 3.8) is 0 Å². The van der Waals surface area contributed by atoms with Crippen LogP contribution >= 0.6 is 0 Å². The van der Waals surface area contributed by atoms with Gasteiger partial charge in [0, 0.05) is 17.5 Å². The van der Waals surface area contributed by atoms with E-state index in [0.717, 1.165) is 22.1 Å². The smallest absolute Gasteiger partial charge is 0.323 e. The number of benzene rings is 2. The number of carbonyl (C=O) groups is 1. The first kappa shape index (κ1) is 16.2. The molecular formula is C17H16IN3O. The van der Waals surface area contributed by atoms with Crippen LogP contribution in [-0.4, -0.2) is 6.03 Å². The van der Waals surface area contributed by atoms with Gasteiger partial charge in [0.15, 0.2) is 12.4 Å². The number of carbonyl (C=O) groups excluding carboxylic acids is 1. The zero-order valence-electron chi connectivity index (χ0n) is 12.1. The summed E-state index contributed by atoms with van der Waals surface area (Å²) in [5, 5.41) is 7.83. The van der Waals surface area contributed by atoms with Gasteiger partial charge in [-0.25, -0.2) is 9.36 Å². The third-order valence-corrected chi connectivity index (χ3v) is 3.27. The van der Waals surface area contributed by atoms with E-state index in [1.165, 1.54) is 0 Å². The Morgan fingerprint density at radius 3 is 2.36 bits per heavy atom. The lowest BCUT2D eigenvalue weighted by Gasteiger charge is -2.09. The highest BCUT2D eigenvalue weighted by Gasteiger charge is 2.06. The first-order valence-corrected chi connectivity index (χ1v) is 6.73. The quantitative estimate of drug-likeness (QED) is 0.468. The molecule has 0 aliphatic heterocycles. The van der Waals surface area contributed by atoms with Gasteiger partial charge in [0.1, 0.15) is 7.05 Å². The van der Waals surface area contributed by atoms with Crippen LogP contribution in [0.4, 0.5) is 16.2 Å². The van der Waals surface area contributed by atoms with Gasteiger partial charge in [-0.15, -0.1) is 0 Å². The summed E-state index contributed by atoms with van der Waals surface area (Å²) in [6.07, 6.45) is 3.76. The number of fused-ring (bicyclic) bond motifs is 1. The van der Waals surface area contributed by atoms with Gasteiger partial charge in [0.2, 0.25) is 0 Å². The van der Waals surface area contributed by atoms with Crippen LogP contribution in [0.2, 0.25) is 0 Å².